The van der Waals surface area contributed by atoms with Crippen LogP contribution in [0.1, 0.15) is 15.9 Å². The summed E-state index contributed by atoms with van der Waals surface area (Å²) in [5.74, 6) is -0.465. The molecule has 0 fully saturated rings. The molecule has 4 nitrogen and oxygen atoms in total. The summed E-state index contributed by atoms with van der Waals surface area (Å²) in [6, 6.07) is 23.1. The molecule has 0 aliphatic heterocycles. The zero-order valence-electron chi connectivity index (χ0n) is 14.4. The lowest BCUT2D eigenvalue weighted by Crippen LogP contribution is -2.12. The van der Waals surface area contributed by atoms with Gasteiger partial charge in [-0.1, -0.05) is 41.9 Å². The minimum atomic E-state index is -0.258. The molecule has 3 rings (SSSR count). The Balaban J connectivity index is 1.57. The summed E-state index contributed by atoms with van der Waals surface area (Å²) >= 11 is 5.83. The molecule has 5 heteroatoms. The molecule has 0 bridgehead atoms. The van der Waals surface area contributed by atoms with Gasteiger partial charge in [-0.3, -0.25) is 9.59 Å². The Morgan fingerprint density at radius 2 is 1.37 bits per heavy atom. The number of carbonyl (C=O) groups is 2. The maximum absolute atomic E-state index is 12.2. The molecule has 3 aromatic carbocycles. The Morgan fingerprint density at radius 1 is 0.741 bits per heavy atom. The lowest BCUT2D eigenvalue weighted by molar-refractivity contribution is -0.111. The molecule has 134 valence electrons. The first-order valence-electron chi connectivity index (χ1n) is 8.31. The summed E-state index contributed by atoms with van der Waals surface area (Å²) in [6.45, 7) is 0. The van der Waals surface area contributed by atoms with E-state index in [4.69, 9.17) is 11.6 Å². The Kier molecular flexibility index (Phi) is 6.02. The van der Waals surface area contributed by atoms with E-state index in [0.717, 1.165) is 11.3 Å². The van der Waals surface area contributed by atoms with E-state index in [-0.39, 0.29) is 11.8 Å². The SMILES string of the molecule is O=C(/C=C/c1ccc(Cl)cc1)Nc1ccc(C(=O)Nc2ccccc2)cc1. The van der Waals surface area contributed by atoms with Gasteiger partial charge in [0.15, 0.2) is 0 Å². The van der Waals surface area contributed by atoms with Gasteiger partial charge in [0.1, 0.15) is 0 Å². The highest BCUT2D eigenvalue weighted by Gasteiger charge is 2.06. The molecule has 0 saturated carbocycles. The molecule has 0 unspecified atom stereocenters. The largest absolute Gasteiger partial charge is 0.323 e. The Hall–Kier alpha value is -3.37. The van der Waals surface area contributed by atoms with Crippen LogP contribution in [-0.4, -0.2) is 11.8 Å². The van der Waals surface area contributed by atoms with E-state index in [9.17, 15) is 9.59 Å². The molecule has 0 aliphatic rings. The van der Waals surface area contributed by atoms with Crippen molar-refractivity contribution in [3.8, 4) is 0 Å². The van der Waals surface area contributed by atoms with E-state index in [1.54, 1.807) is 42.5 Å². The van der Waals surface area contributed by atoms with Crippen LogP contribution in [0.25, 0.3) is 6.08 Å². The smallest absolute Gasteiger partial charge is 0.255 e. The summed E-state index contributed by atoms with van der Waals surface area (Å²) < 4.78 is 0. The molecular weight excluding hydrogens is 360 g/mol. The fraction of sp³-hybridized carbons (Fsp3) is 0. The van der Waals surface area contributed by atoms with Gasteiger partial charge in [0, 0.05) is 28.0 Å². The average Bonchev–Trinajstić information content (AvgIpc) is 2.69. The molecule has 0 aliphatic carbocycles. The number of nitrogens with one attached hydrogen (secondary N) is 2. The van der Waals surface area contributed by atoms with Gasteiger partial charge in [0.2, 0.25) is 5.91 Å². The minimum absolute atomic E-state index is 0.207. The van der Waals surface area contributed by atoms with Crippen molar-refractivity contribution in [3.05, 3.63) is 101 Å². The predicted molar refractivity (Wildman–Crippen MR) is 110 cm³/mol. The highest BCUT2D eigenvalue weighted by molar-refractivity contribution is 6.30. The van der Waals surface area contributed by atoms with Crippen LogP contribution in [0.4, 0.5) is 11.4 Å². The molecule has 2 N–H and O–H groups in total. The van der Waals surface area contributed by atoms with Crippen LogP contribution < -0.4 is 10.6 Å². The highest BCUT2D eigenvalue weighted by atomic mass is 35.5. The van der Waals surface area contributed by atoms with E-state index in [1.165, 1.54) is 6.08 Å². The van der Waals surface area contributed by atoms with Crippen LogP contribution in [-0.2, 0) is 4.79 Å². The van der Waals surface area contributed by atoms with Crippen LogP contribution >= 0.6 is 11.6 Å². The molecule has 0 radical (unpaired) electrons. The molecule has 0 heterocycles. The van der Waals surface area contributed by atoms with Crippen molar-refractivity contribution >= 4 is 40.9 Å². The van der Waals surface area contributed by atoms with Gasteiger partial charge in [-0.05, 0) is 60.2 Å². The Labute approximate surface area is 162 Å². The molecule has 3 aromatic rings. The van der Waals surface area contributed by atoms with E-state index in [1.807, 2.05) is 42.5 Å². The summed E-state index contributed by atoms with van der Waals surface area (Å²) in [7, 11) is 0. The molecule has 0 atom stereocenters. The molecule has 0 aromatic heterocycles. The van der Waals surface area contributed by atoms with Crippen LogP contribution in [0.15, 0.2) is 84.9 Å². The van der Waals surface area contributed by atoms with Crippen molar-refractivity contribution in [3.63, 3.8) is 0 Å². The monoisotopic (exact) mass is 376 g/mol. The summed E-state index contributed by atoms with van der Waals surface area (Å²) in [5, 5.41) is 6.22. The van der Waals surface area contributed by atoms with E-state index in [0.29, 0.717) is 16.3 Å². The van der Waals surface area contributed by atoms with Gasteiger partial charge in [0.05, 0.1) is 0 Å². The van der Waals surface area contributed by atoms with Crippen molar-refractivity contribution in [2.75, 3.05) is 10.6 Å². The average molecular weight is 377 g/mol. The van der Waals surface area contributed by atoms with Gasteiger partial charge >= 0.3 is 0 Å². The molecule has 0 spiro atoms. The first kappa shape index (κ1) is 18.4. The third-order valence-corrected chi connectivity index (χ3v) is 4.00. The third kappa shape index (κ3) is 5.56. The maximum Gasteiger partial charge on any atom is 0.255 e. The summed E-state index contributed by atoms with van der Waals surface area (Å²) in [6.07, 6.45) is 3.15. The number of hydrogen-bond donors (Lipinski definition) is 2. The van der Waals surface area contributed by atoms with E-state index < -0.39 is 0 Å². The lowest BCUT2D eigenvalue weighted by Gasteiger charge is -2.06. The van der Waals surface area contributed by atoms with Gasteiger partial charge in [-0.25, -0.2) is 0 Å². The number of rotatable bonds is 5. The first-order chi connectivity index (χ1) is 13.1. The number of para-hydroxylation sites is 1. The fourth-order valence-electron chi connectivity index (χ4n) is 2.36. The molecule has 2 amide bonds. The van der Waals surface area contributed by atoms with Crippen molar-refractivity contribution in [2.24, 2.45) is 0 Å². The van der Waals surface area contributed by atoms with Crippen LogP contribution in [0.2, 0.25) is 5.02 Å². The number of halogens is 1. The van der Waals surface area contributed by atoms with Crippen molar-refractivity contribution < 1.29 is 9.59 Å². The number of benzene rings is 3. The van der Waals surface area contributed by atoms with Crippen molar-refractivity contribution in [1.82, 2.24) is 0 Å². The van der Waals surface area contributed by atoms with Crippen molar-refractivity contribution in [1.29, 1.82) is 0 Å². The second-order valence-corrected chi connectivity index (χ2v) is 6.21. The summed E-state index contributed by atoms with van der Waals surface area (Å²) in [5.41, 5.74) is 2.72. The Morgan fingerprint density at radius 3 is 2.04 bits per heavy atom. The molecule has 0 saturated heterocycles. The highest BCUT2D eigenvalue weighted by Crippen LogP contribution is 2.13. The van der Waals surface area contributed by atoms with Gasteiger partial charge in [-0.15, -0.1) is 0 Å². The number of anilines is 2. The van der Waals surface area contributed by atoms with Crippen LogP contribution in [0.3, 0.4) is 0 Å². The molecule has 27 heavy (non-hydrogen) atoms. The van der Waals surface area contributed by atoms with Crippen LogP contribution in [0.5, 0.6) is 0 Å². The topological polar surface area (TPSA) is 58.2 Å². The second-order valence-electron chi connectivity index (χ2n) is 5.77. The maximum atomic E-state index is 12.2. The van der Waals surface area contributed by atoms with Gasteiger partial charge < -0.3 is 10.6 Å². The molecular formula is C22H17ClN2O2. The van der Waals surface area contributed by atoms with E-state index in [2.05, 4.69) is 10.6 Å². The number of hydrogen-bond acceptors (Lipinski definition) is 2. The van der Waals surface area contributed by atoms with Crippen molar-refractivity contribution in [2.45, 2.75) is 0 Å². The van der Waals surface area contributed by atoms with E-state index >= 15 is 0 Å². The normalized spacial score (nSPS) is 10.6. The zero-order chi connectivity index (χ0) is 19.1. The summed E-state index contributed by atoms with van der Waals surface area (Å²) in [4.78, 5) is 24.2. The predicted octanol–water partition coefficient (Wildman–Crippen LogP) is 5.24. The quantitative estimate of drug-likeness (QED) is 0.598. The third-order valence-electron chi connectivity index (χ3n) is 3.74. The van der Waals surface area contributed by atoms with Gasteiger partial charge in [-0.2, -0.15) is 0 Å². The second kappa shape index (κ2) is 8.83. The number of carbonyl (C=O) groups excluding carboxylic acids is 2. The van der Waals surface area contributed by atoms with Crippen LogP contribution in [0, 0.1) is 0 Å². The lowest BCUT2D eigenvalue weighted by atomic mass is 10.2. The zero-order valence-corrected chi connectivity index (χ0v) is 15.1. The first-order valence-corrected chi connectivity index (χ1v) is 8.69. The fourth-order valence-corrected chi connectivity index (χ4v) is 2.49. The number of amides is 2. The Bertz CT molecular complexity index is 950. The standard InChI is InChI=1S/C22H17ClN2O2/c23-18-11-6-16(7-12-18)8-15-21(26)24-20-13-9-17(10-14-20)22(27)25-19-4-2-1-3-5-19/h1-15H,(H,24,26)(H,25,27)/b15-8+. The van der Waals surface area contributed by atoms with Gasteiger partial charge in [0.25, 0.3) is 5.91 Å². The minimum Gasteiger partial charge on any atom is -0.323 e.